The molecule has 17 heavy (non-hydrogen) atoms. The highest BCUT2D eigenvalue weighted by Gasteiger charge is 2.28. The second-order valence-electron chi connectivity index (χ2n) is 3.68. The van der Waals surface area contributed by atoms with Crippen LogP contribution in [0.1, 0.15) is 18.9 Å². The quantitative estimate of drug-likeness (QED) is 0.865. The molecule has 2 heterocycles. The summed E-state index contributed by atoms with van der Waals surface area (Å²) in [6.07, 6.45) is 3.99. The van der Waals surface area contributed by atoms with Crippen molar-refractivity contribution >= 4 is 39.3 Å². The molecule has 0 aliphatic heterocycles. The standard InChI is InChI=1S/C9H7BrClN5S/c10-5-3-7(11)8(12-4-5)17-9-13-14-15-16(9)6-1-2-6/h3-4,6H,1-2H2. The molecule has 0 saturated heterocycles. The highest BCUT2D eigenvalue weighted by molar-refractivity contribution is 9.10. The lowest BCUT2D eigenvalue weighted by Gasteiger charge is -2.03. The predicted molar refractivity (Wildman–Crippen MR) is 67.2 cm³/mol. The van der Waals surface area contributed by atoms with Crippen molar-refractivity contribution in [2.24, 2.45) is 0 Å². The number of rotatable bonds is 3. The molecule has 2 aromatic heterocycles. The minimum atomic E-state index is 0.446. The zero-order valence-corrected chi connectivity index (χ0v) is 11.7. The minimum absolute atomic E-state index is 0.446. The van der Waals surface area contributed by atoms with Gasteiger partial charge in [0.05, 0.1) is 11.1 Å². The molecule has 0 N–H and O–H groups in total. The number of hydrogen-bond donors (Lipinski definition) is 0. The Morgan fingerprint density at radius 3 is 3.00 bits per heavy atom. The zero-order chi connectivity index (χ0) is 11.8. The summed E-state index contributed by atoms with van der Waals surface area (Å²) >= 11 is 10.8. The van der Waals surface area contributed by atoms with Gasteiger partial charge in [0, 0.05) is 10.7 Å². The Bertz CT molecular complexity index is 556. The lowest BCUT2D eigenvalue weighted by molar-refractivity contribution is 0.565. The minimum Gasteiger partial charge on any atom is -0.247 e. The molecule has 88 valence electrons. The molecule has 1 aliphatic carbocycles. The van der Waals surface area contributed by atoms with E-state index < -0.39 is 0 Å². The van der Waals surface area contributed by atoms with Crippen molar-refractivity contribution in [1.82, 2.24) is 25.2 Å². The van der Waals surface area contributed by atoms with Gasteiger partial charge in [0.2, 0.25) is 5.16 Å². The second kappa shape index (κ2) is 4.55. The van der Waals surface area contributed by atoms with Crippen LogP contribution in [0.4, 0.5) is 0 Å². The lowest BCUT2D eigenvalue weighted by atomic mass is 10.5. The first-order valence-electron chi connectivity index (χ1n) is 5.01. The van der Waals surface area contributed by atoms with Gasteiger partial charge in [-0.1, -0.05) is 11.6 Å². The van der Waals surface area contributed by atoms with Gasteiger partial charge in [-0.3, -0.25) is 0 Å². The summed E-state index contributed by atoms with van der Waals surface area (Å²) in [5, 5.41) is 13.7. The fourth-order valence-corrected chi connectivity index (χ4v) is 2.90. The smallest absolute Gasteiger partial charge is 0.215 e. The number of hydrogen-bond acceptors (Lipinski definition) is 5. The van der Waals surface area contributed by atoms with Crippen molar-refractivity contribution in [3.8, 4) is 0 Å². The van der Waals surface area contributed by atoms with Crippen LogP contribution in [0.2, 0.25) is 5.02 Å². The average molecular weight is 333 g/mol. The topological polar surface area (TPSA) is 56.5 Å². The summed E-state index contributed by atoms with van der Waals surface area (Å²) in [7, 11) is 0. The molecule has 0 spiro atoms. The van der Waals surface area contributed by atoms with Gasteiger partial charge in [-0.05, 0) is 57.0 Å². The van der Waals surface area contributed by atoms with Crippen LogP contribution in [-0.4, -0.2) is 25.2 Å². The fraction of sp³-hybridized carbons (Fsp3) is 0.333. The number of tetrazole rings is 1. The van der Waals surface area contributed by atoms with Gasteiger partial charge in [0.15, 0.2) is 0 Å². The molecule has 0 bridgehead atoms. The summed E-state index contributed by atoms with van der Waals surface area (Å²) < 4.78 is 2.69. The Balaban J connectivity index is 1.88. The first-order chi connectivity index (χ1) is 8.24. The number of aromatic nitrogens is 5. The number of pyridine rings is 1. The van der Waals surface area contributed by atoms with E-state index in [9.17, 15) is 0 Å². The van der Waals surface area contributed by atoms with Crippen molar-refractivity contribution in [3.63, 3.8) is 0 Å². The first-order valence-corrected chi connectivity index (χ1v) is 6.99. The molecule has 2 aromatic rings. The van der Waals surface area contributed by atoms with Gasteiger partial charge < -0.3 is 0 Å². The van der Waals surface area contributed by atoms with E-state index in [1.165, 1.54) is 11.8 Å². The molecule has 0 unspecified atom stereocenters. The Kier molecular flexibility index (Phi) is 3.06. The van der Waals surface area contributed by atoms with Crippen LogP contribution in [-0.2, 0) is 0 Å². The Morgan fingerprint density at radius 1 is 1.47 bits per heavy atom. The molecule has 1 fully saturated rings. The van der Waals surface area contributed by atoms with Gasteiger partial charge in [0.1, 0.15) is 5.03 Å². The van der Waals surface area contributed by atoms with Gasteiger partial charge >= 0.3 is 0 Å². The third-order valence-electron chi connectivity index (χ3n) is 2.32. The summed E-state index contributed by atoms with van der Waals surface area (Å²) in [5.41, 5.74) is 0. The van der Waals surface area contributed by atoms with Gasteiger partial charge in [0.25, 0.3) is 0 Å². The molecule has 1 saturated carbocycles. The Morgan fingerprint density at radius 2 is 2.29 bits per heavy atom. The Hall–Kier alpha value is -0.660. The van der Waals surface area contributed by atoms with E-state index in [0.717, 1.165) is 22.5 Å². The van der Waals surface area contributed by atoms with Crippen LogP contribution in [0.15, 0.2) is 26.9 Å². The molecule has 0 atom stereocenters. The van der Waals surface area contributed by atoms with E-state index in [4.69, 9.17) is 11.6 Å². The Labute approximate surface area is 115 Å². The van der Waals surface area contributed by atoms with E-state index >= 15 is 0 Å². The maximum atomic E-state index is 6.10. The second-order valence-corrected chi connectivity index (χ2v) is 5.96. The van der Waals surface area contributed by atoms with Gasteiger partial charge in [-0.2, -0.15) is 0 Å². The summed E-state index contributed by atoms with van der Waals surface area (Å²) in [5.74, 6) is 0. The van der Waals surface area contributed by atoms with Crippen LogP contribution in [0, 0.1) is 0 Å². The third-order valence-corrected chi connectivity index (χ3v) is 4.12. The van der Waals surface area contributed by atoms with E-state index in [0.29, 0.717) is 16.1 Å². The molecule has 0 aromatic carbocycles. The first kappa shape index (κ1) is 11.4. The number of nitrogens with zero attached hydrogens (tertiary/aromatic N) is 5. The van der Waals surface area contributed by atoms with Crippen molar-refractivity contribution in [2.75, 3.05) is 0 Å². The van der Waals surface area contributed by atoms with E-state index in [2.05, 4.69) is 36.4 Å². The number of halogens is 2. The van der Waals surface area contributed by atoms with Crippen molar-refractivity contribution in [3.05, 3.63) is 21.8 Å². The molecular formula is C9H7BrClN5S. The molecule has 1 aliphatic rings. The molecule has 5 nitrogen and oxygen atoms in total. The summed E-state index contributed by atoms with van der Waals surface area (Å²) in [6, 6.07) is 2.25. The summed E-state index contributed by atoms with van der Waals surface area (Å²) in [6.45, 7) is 0. The lowest BCUT2D eigenvalue weighted by Crippen LogP contribution is -1.98. The zero-order valence-electron chi connectivity index (χ0n) is 8.55. The van der Waals surface area contributed by atoms with E-state index in [-0.39, 0.29) is 0 Å². The van der Waals surface area contributed by atoms with Gasteiger partial charge in [-0.25, -0.2) is 9.67 Å². The maximum absolute atomic E-state index is 6.10. The van der Waals surface area contributed by atoms with Crippen LogP contribution < -0.4 is 0 Å². The normalized spacial score (nSPS) is 15.2. The molecule has 0 amide bonds. The fourth-order valence-electron chi connectivity index (χ4n) is 1.36. The highest BCUT2D eigenvalue weighted by Crippen LogP contribution is 2.39. The highest BCUT2D eigenvalue weighted by atomic mass is 79.9. The third kappa shape index (κ3) is 2.46. The van der Waals surface area contributed by atoms with Gasteiger partial charge in [-0.15, -0.1) is 5.10 Å². The SMILES string of the molecule is Clc1cc(Br)cnc1Sc1nnnn1C1CC1. The van der Waals surface area contributed by atoms with Crippen LogP contribution >= 0.6 is 39.3 Å². The monoisotopic (exact) mass is 331 g/mol. The van der Waals surface area contributed by atoms with Crippen molar-refractivity contribution < 1.29 is 0 Å². The largest absolute Gasteiger partial charge is 0.247 e. The predicted octanol–water partition coefficient (Wildman–Crippen LogP) is 2.97. The van der Waals surface area contributed by atoms with Crippen molar-refractivity contribution in [2.45, 2.75) is 29.1 Å². The average Bonchev–Trinajstić information content (AvgIpc) is 3.03. The molecular weight excluding hydrogens is 326 g/mol. The van der Waals surface area contributed by atoms with E-state index in [1.54, 1.807) is 6.20 Å². The van der Waals surface area contributed by atoms with Crippen molar-refractivity contribution in [1.29, 1.82) is 0 Å². The molecule has 3 rings (SSSR count). The molecule has 0 radical (unpaired) electrons. The molecule has 8 heteroatoms. The van der Waals surface area contributed by atoms with Crippen LogP contribution in [0.3, 0.4) is 0 Å². The van der Waals surface area contributed by atoms with Crippen LogP contribution in [0.5, 0.6) is 0 Å². The summed E-state index contributed by atoms with van der Waals surface area (Å²) in [4.78, 5) is 4.25. The van der Waals surface area contributed by atoms with E-state index in [1.807, 2.05) is 10.7 Å². The van der Waals surface area contributed by atoms with Crippen LogP contribution in [0.25, 0.3) is 0 Å². The maximum Gasteiger partial charge on any atom is 0.215 e.